The zero-order valence-electron chi connectivity index (χ0n) is 15.7. The Bertz CT molecular complexity index is 959. The molecule has 2 nitrogen and oxygen atoms in total. The Hall–Kier alpha value is -2.94. The molecule has 1 aliphatic rings. The second kappa shape index (κ2) is 8.39. The van der Waals surface area contributed by atoms with Gasteiger partial charge in [0.25, 0.3) is 0 Å². The second-order valence-electron chi connectivity index (χ2n) is 7.36. The molecule has 2 aromatic carbocycles. The van der Waals surface area contributed by atoms with Crippen LogP contribution in [-0.4, -0.2) is 5.78 Å². The van der Waals surface area contributed by atoms with E-state index in [0.29, 0.717) is 23.0 Å². The van der Waals surface area contributed by atoms with E-state index in [0.717, 1.165) is 5.56 Å². The average Bonchev–Trinajstić information content (AvgIpc) is 3.22. The molecule has 1 fully saturated rings. The molecule has 0 N–H and O–H groups in total. The van der Waals surface area contributed by atoms with Gasteiger partial charge in [-0.1, -0.05) is 43.5 Å². The van der Waals surface area contributed by atoms with Gasteiger partial charge in [-0.25, -0.2) is 4.39 Å². The molecule has 1 heterocycles. The molecule has 0 unspecified atom stereocenters. The second-order valence-corrected chi connectivity index (χ2v) is 7.36. The zero-order chi connectivity index (χ0) is 19.3. The fraction of sp³-hybridized carbons (Fsp3) is 0.240. The van der Waals surface area contributed by atoms with E-state index in [4.69, 9.17) is 4.42 Å². The third kappa shape index (κ3) is 4.30. The van der Waals surface area contributed by atoms with Gasteiger partial charge in [0.2, 0.25) is 0 Å². The van der Waals surface area contributed by atoms with E-state index in [1.807, 2.05) is 18.2 Å². The highest BCUT2D eigenvalue weighted by Crippen LogP contribution is 2.32. The van der Waals surface area contributed by atoms with Crippen molar-refractivity contribution in [2.24, 2.45) is 0 Å². The monoisotopic (exact) mass is 374 g/mol. The van der Waals surface area contributed by atoms with Gasteiger partial charge in [-0.15, -0.1) is 0 Å². The van der Waals surface area contributed by atoms with Crippen molar-refractivity contribution in [2.75, 3.05) is 0 Å². The average molecular weight is 374 g/mol. The van der Waals surface area contributed by atoms with Crippen LogP contribution in [0.15, 0.2) is 71.2 Å². The molecular formula is C25H23FO2. The number of allylic oxidation sites excluding steroid dienone is 1. The lowest BCUT2D eigenvalue weighted by molar-refractivity contribution is 0.104. The Labute approximate surface area is 164 Å². The van der Waals surface area contributed by atoms with Gasteiger partial charge in [-0.05, 0) is 72.9 Å². The number of furan rings is 1. The summed E-state index contributed by atoms with van der Waals surface area (Å²) >= 11 is 0. The van der Waals surface area contributed by atoms with Crippen molar-refractivity contribution in [3.8, 4) is 11.3 Å². The van der Waals surface area contributed by atoms with Crippen LogP contribution in [0.25, 0.3) is 17.4 Å². The summed E-state index contributed by atoms with van der Waals surface area (Å²) in [4.78, 5) is 12.4. The third-order valence-corrected chi connectivity index (χ3v) is 5.43. The summed E-state index contributed by atoms with van der Waals surface area (Å²) in [6, 6.07) is 17.8. The summed E-state index contributed by atoms with van der Waals surface area (Å²) in [6.07, 6.45) is 9.65. The summed E-state index contributed by atoms with van der Waals surface area (Å²) in [6.45, 7) is 0. The molecule has 3 aromatic rings. The van der Waals surface area contributed by atoms with E-state index < -0.39 is 0 Å². The van der Waals surface area contributed by atoms with E-state index in [9.17, 15) is 9.18 Å². The molecule has 142 valence electrons. The maximum Gasteiger partial charge on any atom is 0.185 e. The third-order valence-electron chi connectivity index (χ3n) is 5.43. The Balaban J connectivity index is 1.42. The van der Waals surface area contributed by atoms with Crippen LogP contribution in [0.5, 0.6) is 0 Å². The molecule has 0 aliphatic heterocycles. The molecule has 0 radical (unpaired) electrons. The summed E-state index contributed by atoms with van der Waals surface area (Å²) in [7, 11) is 0. The maximum atomic E-state index is 13.0. The van der Waals surface area contributed by atoms with Crippen molar-refractivity contribution >= 4 is 11.9 Å². The summed E-state index contributed by atoms with van der Waals surface area (Å²) in [5, 5.41) is 0. The van der Waals surface area contributed by atoms with Crippen LogP contribution in [-0.2, 0) is 0 Å². The Morgan fingerprint density at radius 1 is 0.893 bits per heavy atom. The lowest BCUT2D eigenvalue weighted by Gasteiger charge is -2.21. The molecule has 0 amide bonds. The van der Waals surface area contributed by atoms with Crippen molar-refractivity contribution in [1.82, 2.24) is 0 Å². The molecule has 0 bridgehead atoms. The number of ketones is 1. The first-order valence-electron chi connectivity index (χ1n) is 9.87. The Morgan fingerprint density at radius 2 is 1.61 bits per heavy atom. The number of halogens is 1. The lowest BCUT2D eigenvalue weighted by atomic mass is 9.84. The van der Waals surface area contributed by atoms with E-state index >= 15 is 0 Å². The van der Waals surface area contributed by atoms with Gasteiger partial charge in [-0.2, -0.15) is 0 Å². The minimum atomic E-state index is -0.282. The number of hydrogen-bond donors (Lipinski definition) is 0. The van der Waals surface area contributed by atoms with Gasteiger partial charge >= 0.3 is 0 Å². The van der Waals surface area contributed by atoms with Crippen LogP contribution >= 0.6 is 0 Å². The Morgan fingerprint density at radius 3 is 2.32 bits per heavy atom. The van der Waals surface area contributed by atoms with Crippen LogP contribution in [0.2, 0.25) is 0 Å². The SMILES string of the molecule is O=C(/C=C/c1ccc(-c2ccc(F)cc2)o1)c1ccc(C2CCCCC2)cc1. The van der Waals surface area contributed by atoms with Gasteiger partial charge in [0.1, 0.15) is 17.3 Å². The molecule has 0 spiro atoms. The normalized spacial score (nSPS) is 15.2. The highest BCUT2D eigenvalue weighted by molar-refractivity contribution is 6.06. The molecule has 28 heavy (non-hydrogen) atoms. The zero-order valence-corrected chi connectivity index (χ0v) is 15.7. The number of carbonyl (C=O) groups excluding carboxylic acids is 1. The van der Waals surface area contributed by atoms with Crippen LogP contribution in [0.3, 0.4) is 0 Å². The molecule has 1 aromatic heterocycles. The van der Waals surface area contributed by atoms with Gasteiger partial charge in [0.15, 0.2) is 5.78 Å². The number of hydrogen-bond acceptors (Lipinski definition) is 2. The van der Waals surface area contributed by atoms with Crippen molar-refractivity contribution in [2.45, 2.75) is 38.0 Å². The molecule has 1 aliphatic carbocycles. The fourth-order valence-corrected chi connectivity index (χ4v) is 3.82. The van der Waals surface area contributed by atoms with Crippen LogP contribution < -0.4 is 0 Å². The van der Waals surface area contributed by atoms with E-state index in [-0.39, 0.29) is 11.6 Å². The van der Waals surface area contributed by atoms with Crippen molar-refractivity contribution in [1.29, 1.82) is 0 Å². The molecule has 0 atom stereocenters. The van der Waals surface area contributed by atoms with Gasteiger partial charge < -0.3 is 4.42 Å². The van der Waals surface area contributed by atoms with E-state index in [2.05, 4.69) is 12.1 Å². The first kappa shape index (κ1) is 18.4. The number of rotatable bonds is 5. The van der Waals surface area contributed by atoms with Crippen LogP contribution in [0.4, 0.5) is 4.39 Å². The predicted molar refractivity (Wildman–Crippen MR) is 110 cm³/mol. The lowest BCUT2D eigenvalue weighted by Crippen LogP contribution is -2.04. The smallest absolute Gasteiger partial charge is 0.185 e. The minimum Gasteiger partial charge on any atom is -0.457 e. The van der Waals surface area contributed by atoms with Crippen LogP contribution in [0.1, 0.15) is 59.7 Å². The fourth-order valence-electron chi connectivity index (χ4n) is 3.82. The highest BCUT2D eigenvalue weighted by atomic mass is 19.1. The van der Waals surface area contributed by atoms with Gasteiger partial charge in [-0.3, -0.25) is 4.79 Å². The Kier molecular flexibility index (Phi) is 5.52. The van der Waals surface area contributed by atoms with Gasteiger partial charge in [0, 0.05) is 11.1 Å². The van der Waals surface area contributed by atoms with E-state index in [1.165, 1.54) is 55.9 Å². The largest absolute Gasteiger partial charge is 0.457 e. The number of carbonyl (C=O) groups is 1. The highest BCUT2D eigenvalue weighted by Gasteiger charge is 2.15. The number of benzene rings is 2. The standard InChI is InChI=1S/C25H23FO2/c26-22-12-10-21(11-13-22)25-17-15-23(28-25)14-16-24(27)20-8-6-19(7-9-20)18-4-2-1-3-5-18/h6-18H,1-5H2/b16-14+. The van der Waals surface area contributed by atoms with Crippen LogP contribution in [0, 0.1) is 5.82 Å². The van der Waals surface area contributed by atoms with E-state index in [1.54, 1.807) is 24.3 Å². The molecule has 3 heteroatoms. The first-order chi connectivity index (χ1) is 13.7. The topological polar surface area (TPSA) is 30.2 Å². The van der Waals surface area contributed by atoms with Crippen molar-refractivity contribution in [3.63, 3.8) is 0 Å². The van der Waals surface area contributed by atoms with Crippen molar-refractivity contribution in [3.05, 3.63) is 89.4 Å². The predicted octanol–water partition coefficient (Wildman–Crippen LogP) is 7.03. The molecule has 4 rings (SSSR count). The molecule has 0 saturated heterocycles. The molecule has 1 saturated carbocycles. The summed E-state index contributed by atoms with van der Waals surface area (Å²) in [5.74, 6) is 1.54. The summed E-state index contributed by atoms with van der Waals surface area (Å²) < 4.78 is 18.8. The quantitative estimate of drug-likeness (QED) is 0.354. The molecular weight excluding hydrogens is 351 g/mol. The first-order valence-corrected chi connectivity index (χ1v) is 9.87. The minimum absolute atomic E-state index is 0.0464. The van der Waals surface area contributed by atoms with Crippen molar-refractivity contribution < 1.29 is 13.6 Å². The maximum absolute atomic E-state index is 13.0. The van der Waals surface area contributed by atoms with Gasteiger partial charge in [0.05, 0.1) is 0 Å². The summed E-state index contributed by atoms with van der Waals surface area (Å²) in [5.41, 5.74) is 2.82.